The Bertz CT molecular complexity index is 617. The number of nitrogens with zero attached hydrogens (tertiary/aromatic N) is 3. The van der Waals surface area contributed by atoms with E-state index in [0.29, 0.717) is 19.6 Å². The monoisotopic (exact) mass is 377 g/mol. The fraction of sp³-hybridized carbons (Fsp3) is 0.375. The molecule has 0 atom stereocenters. The normalized spacial score (nSPS) is 16.0. The molecule has 6 nitrogen and oxygen atoms in total. The zero-order valence-electron chi connectivity index (χ0n) is 12.8. The van der Waals surface area contributed by atoms with E-state index in [4.69, 9.17) is 5.73 Å². The fourth-order valence-electron chi connectivity index (χ4n) is 2.40. The number of nitrogens with two attached hydrogens (primary N) is 1. The molecule has 0 spiro atoms. The molecule has 1 aromatic rings. The second kappa shape index (κ2) is 8.67. The van der Waals surface area contributed by atoms with E-state index in [9.17, 15) is 10.1 Å². The SMILES string of the molecule is N#C/C(=C/Nc1ccccc1Br)C(=O)N1CCN(CCN)CC1. The highest BCUT2D eigenvalue weighted by Gasteiger charge is 2.23. The van der Waals surface area contributed by atoms with Crippen molar-refractivity contribution in [3.63, 3.8) is 0 Å². The first-order chi connectivity index (χ1) is 11.2. The first-order valence-corrected chi connectivity index (χ1v) is 8.28. The number of benzene rings is 1. The van der Waals surface area contributed by atoms with E-state index in [1.54, 1.807) is 4.90 Å². The molecule has 0 bridgehead atoms. The molecule has 0 saturated carbocycles. The molecule has 0 aromatic heterocycles. The third kappa shape index (κ3) is 4.79. The summed E-state index contributed by atoms with van der Waals surface area (Å²) in [5, 5.41) is 12.3. The van der Waals surface area contributed by atoms with Crippen LogP contribution < -0.4 is 11.1 Å². The molecule has 2 rings (SSSR count). The summed E-state index contributed by atoms with van der Waals surface area (Å²) < 4.78 is 0.872. The van der Waals surface area contributed by atoms with Crippen LogP contribution >= 0.6 is 15.9 Å². The fourth-order valence-corrected chi connectivity index (χ4v) is 2.80. The number of carbonyl (C=O) groups excluding carboxylic acids is 1. The van der Waals surface area contributed by atoms with E-state index < -0.39 is 0 Å². The van der Waals surface area contributed by atoms with Crippen molar-refractivity contribution in [2.75, 3.05) is 44.6 Å². The lowest BCUT2D eigenvalue weighted by molar-refractivity contribution is -0.128. The van der Waals surface area contributed by atoms with Crippen molar-refractivity contribution < 1.29 is 4.79 Å². The molecule has 0 unspecified atom stereocenters. The minimum absolute atomic E-state index is 0.105. The summed E-state index contributed by atoms with van der Waals surface area (Å²) in [7, 11) is 0. The maximum Gasteiger partial charge on any atom is 0.266 e. The van der Waals surface area contributed by atoms with Gasteiger partial charge in [-0.25, -0.2) is 0 Å². The van der Waals surface area contributed by atoms with Crippen LogP contribution in [0.3, 0.4) is 0 Å². The number of nitriles is 1. The van der Waals surface area contributed by atoms with Crippen molar-refractivity contribution in [1.29, 1.82) is 5.26 Å². The van der Waals surface area contributed by atoms with Crippen LogP contribution in [-0.4, -0.2) is 55.0 Å². The van der Waals surface area contributed by atoms with Gasteiger partial charge in [-0.1, -0.05) is 12.1 Å². The number of anilines is 1. The Kier molecular flexibility index (Phi) is 6.59. The van der Waals surface area contributed by atoms with Crippen LogP contribution in [0.1, 0.15) is 0 Å². The molecular weight excluding hydrogens is 358 g/mol. The Labute approximate surface area is 144 Å². The average Bonchev–Trinajstić information content (AvgIpc) is 2.57. The number of hydrogen-bond acceptors (Lipinski definition) is 5. The number of halogens is 1. The molecule has 1 fully saturated rings. The number of para-hydroxylation sites is 1. The van der Waals surface area contributed by atoms with Gasteiger partial charge < -0.3 is 16.0 Å². The molecule has 23 heavy (non-hydrogen) atoms. The van der Waals surface area contributed by atoms with Gasteiger partial charge in [0.2, 0.25) is 0 Å². The number of piperazine rings is 1. The molecule has 3 N–H and O–H groups in total. The third-order valence-electron chi connectivity index (χ3n) is 3.70. The largest absolute Gasteiger partial charge is 0.359 e. The van der Waals surface area contributed by atoms with Crippen molar-refractivity contribution in [2.24, 2.45) is 5.73 Å². The van der Waals surface area contributed by atoms with Gasteiger partial charge in [-0.05, 0) is 28.1 Å². The van der Waals surface area contributed by atoms with E-state index in [1.165, 1.54) is 6.20 Å². The molecule has 1 aliphatic heterocycles. The second-order valence-corrected chi connectivity index (χ2v) is 6.07. The van der Waals surface area contributed by atoms with Gasteiger partial charge in [-0.15, -0.1) is 0 Å². The van der Waals surface area contributed by atoms with Crippen LogP contribution in [0.15, 0.2) is 40.5 Å². The molecule has 1 aromatic carbocycles. The minimum atomic E-state index is -0.237. The van der Waals surface area contributed by atoms with E-state index in [2.05, 4.69) is 26.1 Å². The van der Waals surface area contributed by atoms with Crippen molar-refractivity contribution in [2.45, 2.75) is 0 Å². The number of amides is 1. The van der Waals surface area contributed by atoms with Crippen LogP contribution in [0.25, 0.3) is 0 Å². The van der Waals surface area contributed by atoms with Crippen LogP contribution in [-0.2, 0) is 4.79 Å². The average molecular weight is 378 g/mol. The molecule has 1 heterocycles. The van der Waals surface area contributed by atoms with Crippen LogP contribution in [0.2, 0.25) is 0 Å². The summed E-state index contributed by atoms with van der Waals surface area (Å²) in [6, 6.07) is 9.52. The maximum absolute atomic E-state index is 12.4. The standard InChI is InChI=1S/C16H20BrN5O/c17-14-3-1-2-4-15(14)20-12-13(11-19)16(23)22-9-7-21(6-5-18)8-10-22/h1-4,12,20H,5-10,18H2/b13-12-. The maximum atomic E-state index is 12.4. The van der Waals surface area contributed by atoms with Crippen LogP contribution in [0, 0.1) is 11.3 Å². The zero-order chi connectivity index (χ0) is 16.7. The Morgan fingerprint density at radius 3 is 2.65 bits per heavy atom. The number of carbonyl (C=O) groups is 1. The first kappa shape index (κ1) is 17.5. The lowest BCUT2D eigenvalue weighted by atomic mass is 10.2. The summed E-state index contributed by atoms with van der Waals surface area (Å²) in [5.74, 6) is -0.237. The topological polar surface area (TPSA) is 85.4 Å². The Hall–Kier alpha value is -1.88. The van der Waals surface area contributed by atoms with Gasteiger partial charge in [0, 0.05) is 49.9 Å². The predicted octanol–water partition coefficient (Wildman–Crippen LogP) is 1.37. The lowest BCUT2D eigenvalue weighted by Crippen LogP contribution is -2.50. The lowest BCUT2D eigenvalue weighted by Gasteiger charge is -2.34. The third-order valence-corrected chi connectivity index (χ3v) is 4.39. The number of hydrogen-bond donors (Lipinski definition) is 2. The number of nitrogens with one attached hydrogen (secondary N) is 1. The summed E-state index contributed by atoms with van der Waals surface area (Å²) in [5.41, 5.74) is 6.46. The van der Waals surface area contributed by atoms with E-state index in [-0.39, 0.29) is 11.5 Å². The highest BCUT2D eigenvalue weighted by molar-refractivity contribution is 9.10. The van der Waals surface area contributed by atoms with Crippen molar-refractivity contribution in [3.8, 4) is 6.07 Å². The minimum Gasteiger partial charge on any atom is -0.359 e. The smallest absolute Gasteiger partial charge is 0.266 e. The number of rotatable bonds is 5. The Morgan fingerprint density at radius 2 is 2.04 bits per heavy atom. The van der Waals surface area contributed by atoms with Gasteiger partial charge >= 0.3 is 0 Å². The van der Waals surface area contributed by atoms with Gasteiger partial charge in [0.1, 0.15) is 11.6 Å². The van der Waals surface area contributed by atoms with Gasteiger partial charge in [-0.2, -0.15) is 5.26 Å². The summed E-state index contributed by atoms with van der Waals surface area (Å²) in [6.07, 6.45) is 1.47. The molecule has 122 valence electrons. The Balaban J connectivity index is 1.98. The van der Waals surface area contributed by atoms with E-state index in [0.717, 1.165) is 29.8 Å². The van der Waals surface area contributed by atoms with Crippen molar-refractivity contribution in [3.05, 3.63) is 40.5 Å². The molecule has 0 radical (unpaired) electrons. The molecule has 0 aliphatic carbocycles. The van der Waals surface area contributed by atoms with Crippen LogP contribution in [0.5, 0.6) is 0 Å². The molecule has 7 heteroatoms. The highest BCUT2D eigenvalue weighted by Crippen LogP contribution is 2.21. The first-order valence-electron chi connectivity index (χ1n) is 7.48. The van der Waals surface area contributed by atoms with Gasteiger partial charge in [0.25, 0.3) is 5.91 Å². The highest BCUT2D eigenvalue weighted by atomic mass is 79.9. The van der Waals surface area contributed by atoms with Gasteiger partial charge in [0.05, 0.1) is 5.69 Å². The van der Waals surface area contributed by atoms with Crippen LogP contribution in [0.4, 0.5) is 5.69 Å². The van der Waals surface area contributed by atoms with Gasteiger partial charge in [-0.3, -0.25) is 9.69 Å². The van der Waals surface area contributed by atoms with Crippen molar-refractivity contribution in [1.82, 2.24) is 9.80 Å². The van der Waals surface area contributed by atoms with E-state index in [1.807, 2.05) is 30.3 Å². The van der Waals surface area contributed by atoms with Crippen molar-refractivity contribution >= 4 is 27.5 Å². The molecule has 1 aliphatic rings. The summed E-state index contributed by atoms with van der Waals surface area (Å²) >= 11 is 3.42. The zero-order valence-corrected chi connectivity index (χ0v) is 14.4. The summed E-state index contributed by atoms with van der Waals surface area (Å²) in [4.78, 5) is 16.4. The van der Waals surface area contributed by atoms with E-state index >= 15 is 0 Å². The molecule has 1 saturated heterocycles. The molecular formula is C16H20BrN5O. The summed E-state index contributed by atoms with van der Waals surface area (Å²) in [6.45, 7) is 4.28. The predicted molar refractivity (Wildman–Crippen MR) is 93.5 cm³/mol. The van der Waals surface area contributed by atoms with Gasteiger partial charge in [0.15, 0.2) is 0 Å². The second-order valence-electron chi connectivity index (χ2n) is 5.22. The Morgan fingerprint density at radius 1 is 1.35 bits per heavy atom. The quantitative estimate of drug-likeness (QED) is 0.597. The molecule has 1 amide bonds.